The summed E-state index contributed by atoms with van der Waals surface area (Å²) < 4.78 is 5.46. The zero-order chi connectivity index (χ0) is 12.4. The van der Waals surface area contributed by atoms with Gasteiger partial charge < -0.3 is 9.84 Å². The molecule has 4 heteroatoms. The summed E-state index contributed by atoms with van der Waals surface area (Å²) in [4.78, 5) is 4.56. The molecule has 1 saturated heterocycles. The fourth-order valence-corrected chi connectivity index (χ4v) is 2.41. The van der Waals surface area contributed by atoms with E-state index in [2.05, 4.69) is 22.4 Å². The van der Waals surface area contributed by atoms with Gasteiger partial charge >= 0.3 is 0 Å². The van der Waals surface area contributed by atoms with Crippen molar-refractivity contribution in [3.8, 4) is 11.4 Å². The highest BCUT2D eigenvalue weighted by Gasteiger charge is 2.34. The number of aromatic nitrogens is 2. The van der Waals surface area contributed by atoms with Crippen LogP contribution in [0.5, 0.6) is 0 Å². The zero-order valence-electron chi connectivity index (χ0n) is 10.5. The third-order valence-electron chi connectivity index (χ3n) is 3.57. The molecule has 1 atom stereocenters. The first-order chi connectivity index (χ1) is 8.78. The van der Waals surface area contributed by atoms with Gasteiger partial charge in [-0.05, 0) is 26.3 Å². The van der Waals surface area contributed by atoms with Gasteiger partial charge in [-0.1, -0.05) is 35.5 Å². The monoisotopic (exact) mass is 243 g/mol. The molecule has 0 spiro atoms. The smallest absolute Gasteiger partial charge is 0.234 e. The molecular formula is C14H17N3O. The first-order valence-corrected chi connectivity index (χ1v) is 6.38. The fourth-order valence-electron chi connectivity index (χ4n) is 2.41. The van der Waals surface area contributed by atoms with Gasteiger partial charge in [-0.2, -0.15) is 4.98 Å². The maximum atomic E-state index is 5.46. The van der Waals surface area contributed by atoms with Crippen LogP contribution in [0.4, 0.5) is 0 Å². The summed E-state index contributed by atoms with van der Waals surface area (Å²) in [5.74, 6) is 1.42. The average Bonchev–Trinajstić information content (AvgIpc) is 2.91. The molecule has 0 saturated carbocycles. The number of hydrogen-bond donors (Lipinski definition) is 1. The largest absolute Gasteiger partial charge is 0.338 e. The lowest BCUT2D eigenvalue weighted by Crippen LogP contribution is -2.41. The van der Waals surface area contributed by atoms with Crippen molar-refractivity contribution in [3.63, 3.8) is 0 Å². The molecule has 3 rings (SSSR count). The van der Waals surface area contributed by atoms with Crippen molar-refractivity contribution in [2.45, 2.75) is 25.2 Å². The molecule has 1 aliphatic heterocycles. The summed E-state index contributed by atoms with van der Waals surface area (Å²) in [6.45, 7) is 4.17. The van der Waals surface area contributed by atoms with Gasteiger partial charge in [0.15, 0.2) is 0 Å². The molecule has 0 radical (unpaired) electrons. The van der Waals surface area contributed by atoms with E-state index in [1.807, 2.05) is 30.3 Å². The number of nitrogens with zero attached hydrogens (tertiary/aromatic N) is 2. The summed E-state index contributed by atoms with van der Waals surface area (Å²) in [5, 5.41) is 7.49. The molecule has 0 aliphatic carbocycles. The molecular weight excluding hydrogens is 226 g/mol. The summed E-state index contributed by atoms with van der Waals surface area (Å²) in [5.41, 5.74) is 0.970. The van der Waals surface area contributed by atoms with E-state index in [4.69, 9.17) is 4.52 Å². The van der Waals surface area contributed by atoms with E-state index in [0.717, 1.165) is 37.4 Å². The first kappa shape index (κ1) is 11.4. The first-order valence-electron chi connectivity index (χ1n) is 6.38. The average molecular weight is 243 g/mol. The lowest BCUT2D eigenvalue weighted by Gasteiger charge is -2.30. The Hall–Kier alpha value is -1.68. The number of piperidine rings is 1. The molecule has 0 bridgehead atoms. The van der Waals surface area contributed by atoms with Crippen LogP contribution in [-0.2, 0) is 5.41 Å². The van der Waals surface area contributed by atoms with Crippen molar-refractivity contribution in [2.24, 2.45) is 0 Å². The number of hydrogen-bond acceptors (Lipinski definition) is 4. The van der Waals surface area contributed by atoms with E-state index < -0.39 is 0 Å². The van der Waals surface area contributed by atoms with Crippen molar-refractivity contribution >= 4 is 0 Å². The van der Waals surface area contributed by atoms with Crippen molar-refractivity contribution in [1.29, 1.82) is 0 Å². The third-order valence-corrected chi connectivity index (χ3v) is 3.57. The van der Waals surface area contributed by atoms with E-state index in [0.29, 0.717) is 5.82 Å². The molecule has 4 nitrogen and oxygen atoms in total. The van der Waals surface area contributed by atoms with Gasteiger partial charge in [0, 0.05) is 12.1 Å². The minimum Gasteiger partial charge on any atom is -0.338 e. The summed E-state index contributed by atoms with van der Waals surface area (Å²) in [6, 6.07) is 9.94. The zero-order valence-corrected chi connectivity index (χ0v) is 10.5. The molecule has 2 aromatic rings. The van der Waals surface area contributed by atoms with Crippen LogP contribution in [0.15, 0.2) is 34.9 Å². The third kappa shape index (κ3) is 2.04. The van der Waals surface area contributed by atoms with Gasteiger partial charge in [-0.3, -0.25) is 0 Å². The van der Waals surface area contributed by atoms with Crippen LogP contribution in [-0.4, -0.2) is 23.2 Å². The number of benzene rings is 1. The van der Waals surface area contributed by atoms with Gasteiger partial charge in [0.1, 0.15) is 0 Å². The Morgan fingerprint density at radius 2 is 2.11 bits per heavy atom. The topological polar surface area (TPSA) is 51.0 Å². The van der Waals surface area contributed by atoms with E-state index in [1.165, 1.54) is 0 Å². The Bertz CT molecular complexity index is 515. The number of rotatable bonds is 2. The molecule has 94 valence electrons. The molecule has 1 fully saturated rings. The van der Waals surface area contributed by atoms with E-state index >= 15 is 0 Å². The summed E-state index contributed by atoms with van der Waals surface area (Å²) in [7, 11) is 0. The van der Waals surface area contributed by atoms with E-state index in [1.54, 1.807) is 0 Å². The molecule has 0 amide bonds. The SMILES string of the molecule is C[C@@]1(c2nc(-c3ccccc3)no2)CCCNC1. The van der Waals surface area contributed by atoms with Gasteiger partial charge in [-0.25, -0.2) is 0 Å². The Labute approximate surface area is 106 Å². The van der Waals surface area contributed by atoms with Crippen molar-refractivity contribution in [1.82, 2.24) is 15.5 Å². The van der Waals surface area contributed by atoms with Crippen LogP contribution in [0, 0.1) is 0 Å². The Balaban J connectivity index is 1.89. The highest BCUT2D eigenvalue weighted by atomic mass is 16.5. The molecule has 18 heavy (non-hydrogen) atoms. The Kier molecular flexibility index (Phi) is 2.88. The standard InChI is InChI=1S/C14H17N3O/c1-14(8-5-9-15-10-14)13-16-12(17-18-13)11-6-3-2-4-7-11/h2-4,6-7,15H,5,8-10H2,1H3/t14-/m1/s1. The lowest BCUT2D eigenvalue weighted by molar-refractivity contribution is 0.245. The van der Waals surface area contributed by atoms with Gasteiger partial charge in [-0.15, -0.1) is 0 Å². The van der Waals surface area contributed by atoms with Gasteiger partial charge in [0.05, 0.1) is 5.41 Å². The molecule has 1 aromatic carbocycles. The second kappa shape index (κ2) is 4.53. The molecule has 1 aromatic heterocycles. The fraction of sp³-hybridized carbons (Fsp3) is 0.429. The molecule has 1 N–H and O–H groups in total. The predicted octanol–water partition coefficient (Wildman–Crippen LogP) is 2.38. The molecule has 0 unspecified atom stereocenters. The normalized spacial score (nSPS) is 24.1. The second-order valence-electron chi connectivity index (χ2n) is 5.13. The minimum absolute atomic E-state index is 0.0295. The Morgan fingerprint density at radius 3 is 2.83 bits per heavy atom. The highest BCUT2D eigenvalue weighted by Crippen LogP contribution is 2.30. The van der Waals surface area contributed by atoms with Crippen molar-refractivity contribution in [2.75, 3.05) is 13.1 Å². The van der Waals surface area contributed by atoms with Crippen LogP contribution in [0.25, 0.3) is 11.4 Å². The number of nitrogens with one attached hydrogen (secondary N) is 1. The van der Waals surface area contributed by atoms with Gasteiger partial charge in [0.2, 0.25) is 11.7 Å². The van der Waals surface area contributed by atoms with E-state index in [-0.39, 0.29) is 5.41 Å². The van der Waals surface area contributed by atoms with Crippen molar-refractivity contribution < 1.29 is 4.52 Å². The quantitative estimate of drug-likeness (QED) is 0.879. The van der Waals surface area contributed by atoms with Gasteiger partial charge in [0.25, 0.3) is 0 Å². The van der Waals surface area contributed by atoms with Crippen LogP contribution in [0.2, 0.25) is 0 Å². The Morgan fingerprint density at radius 1 is 1.28 bits per heavy atom. The van der Waals surface area contributed by atoms with Crippen LogP contribution in [0.3, 0.4) is 0 Å². The summed E-state index contributed by atoms with van der Waals surface area (Å²) >= 11 is 0. The second-order valence-corrected chi connectivity index (χ2v) is 5.13. The molecule has 1 aliphatic rings. The van der Waals surface area contributed by atoms with Crippen LogP contribution >= 0.6 is 0 Å². The van der Waals surface area contributed by atoms with Crippen LogP contribution in [0.1, 0.15) is 25.7 Å². The predicted molar refractivity (Wildman–Crippen MR) is 69.2 cm³/mol. The molecule has 2 heterocycles. The maximum Gasteiger partial charge on any atom is 0.234 e. The minimum atomic E-state index is -0.0295. The highest BCUT2D eigenvalue weighted by molar-refractivity contribution is 5.53. The lowest BCUT2D eigenvalue weighted by atomic mass is 9.83. The van der Waals surface area contributed by atoms with Crippen LogP contribution < -0.4 is 5.32 Å². The summed E-state index contributed by atoms with van der Waals surface area (Å²) in [6.07, 6.45) is 2.25. The maximum absolute atomic E-state index is 5.46. The van der Waals surface area contributed by atoms with E-state index in [9.17, 15) is 0 Å². The van der Waals surface area contributed by atoms with Crippen molar-refractivity contribution in [3.05, 3.63) is 36.2 Å².